The number of rotatable bonds is 6. The van der Waals surface area contributed by atoms with E-state index >= 15 is 0 Å². The highest BCUT2D eigenvalue weighted by Crippen LogP contribution is 2.25. The predicted molar refractivity (Wildman–Crippen MR) is 81.4 cm³/mol. The number of hydrogen-bond donors (Lipinski definition) is 1. The zero-order chi connectivity index (χ0) is 13.7. The van der Waals surface area contributed by atoms with Crippen LogP contribution < -0.4 is 10.1 Å². The first-order valence-electron chi connectivity index (χ1n) is 6.26. The zero-order valence-electron chi connectivity index (χ0n) is 11.1. The molecule has 0 bridgehead atoms. The van der Waals surface area contributed by atoms with Crippen LogP contribution in [0.1, 0.15) is 23.8 Å². The van der Waals surface area contributed by atoms with Gasteiger partial charge in [0.15, 0.2) is 5.13 Å². The first kappa shape index (κ1) is 14.2. The van der Waals surface area contributed by atoms with Gasteiger partial charge in [-0.05, 0) is 31.0 Å². The van der Waals surface area contributed by atoms with Gasteiger partial charge in [-0.3, -0.25) is 0 Å². The Morgan fingerprint density at radius 1 is 1.42 bits per heavy atom. The first-order valence-corrected chi connectivity index (χ1v) is 7.46. The Hall–Kier alpha value is -1.26. The maximum atomic E-state index is 5.96. The molecule has 1 aromatic heterocycles. The Labute approximate surface area is 122 Å². The molecule has 0 atom stereocenters. The summed E-state index contributed by atoms with van der Waals surface area (Å²) < 4.78 is 5.78. The van der Waals surface area contributed by atoms with Crippen LogP contribution in [0.3, 0.4) is 0 Å². The standard InChI is InChI=1S/C14H17ClN2OS/c1-3-6-16-14-17-8-12(19-14)9-18-13-7-11(15)5-4-10(13)2/h4-5,7-8H,3,6,9H2,1-2H3,(H,16,17). The molecule has 1 N–H and O–H groups in total. The highest BCUT2D eigenvalue weighted by Gasteiger charge is 2.04. The molecule has 0 fully saturated rings. The van der Waals surface area contributed by atoms with Crippen LogP contribution in [0.4, 0.5) is 5.13 Å². The second-order valence-corrected chi connectivity index (χ2v) is 5.81. The van der Waals surface area contributed by atoms with Gasteiger partial charge in [0.2, 0.25) is 0 Å². The van der Waals surface area contributed by atoms with Crippen molar-refractivity contribution in [3.63, 3.8) is 0 Å². The van der Waals surface area contributed by atoms with Gasteiger partial charge in [-0.15, -0.1) is 0 Å². The summed E-state index contributed by atoms with van der Waals surface area (Å²) in [5.74, 6) is 0.823. The van der Waals surface area contributed by atoms with E-state index in [2.05, 4.69) is 17.2 Å². The lowest BCUT2D eigenvalue weighted by Crippen LogP contribution is -1.98. The molecule has 0 radical (unpaired) electrons. The fourth-order valence-corrected chi connectivity index (χ4v) is 2.48. The molecule has 0 aliphatic heterocycles. The van der Waals surface area contributed by atoms with E-state index in [0.29, 0.717) is 11.6 Å². The Balaban J connectivity index is 1.94. The van der Waals surface area contributed by atoms with Crippen molar-refractivity contribution >= 4 is 28.1 Å². The van der Waals surface area contributed by atoms with Crippen molar-refractivity contribution in [2.24, 2.45) is 0 Å². The lowest BCUT2D eigenvalue weighted by atomic mass is 10.2. The molecule has 2 aromatic rings. The second kappa shape index (κ2) is 6.78. The Morgan fingerprint density at radius 2 is 2.26 bits per heavy atom. The van der Waals surface area contributed by atoms with E-state index in [4.69, 9.17) is 16.3 Å². The molecular weight excluding hydrogens is 280 g/mol. The van der Waals surface area contributed by atoms with Gasteiger partial charge in [0.25, 0.3) is 0 Å². The van der Waals surface area contributed by atoms with Gasteiger partial charge in [0.1, 0.15) is 12.4 Å². The molecule has 2 rings (SSSR count). The molecule has 5 heteroatoms. The molecule has 0 aliphatic carbocycles. The van der Waals surface area contributed by atoms with E-state index < -0.39 is 0 Å². The SMILES string of the molecule is CCCNc1ncc(COc2cc(Cl)ccc2C)s1. The van der Waals surface area contributed by atoms with Gasteiger partial charge in [-0.25, -0.2) is 4.98 Å². The maximum absolute atomic E-state index is 5.96. The minimum atomic E-state index is 0.520. The maximum Gasteiger partial charge on any atom is 0.182 e. The van der Waals surface area contributed by atoms with Crippen LogP contribution in [-0.2, 0) is 6.61 Å². The van der Waals surface area contributed by atoms with Crippen LogP contribution in [0.5, 0.6) is 5.75 Å². The highest BCUT2D eigenvalue weighted by atomic mass is 35.5. The van der Waals surface area contributed by atoms with Crippen LogP contribution in [0.15, 0.2) is 24.4 Å². The monoisotopic (exact) mass is 296 g/mol. The van der Waals surface area contributed by atoms with E-state index in [9.17, 15) is 0 Å². The summed E-state index contributed by atoms with van der Waals surface area (Å²) in [6.07, 6.45) is 2.94. The average Bonchev–Trinajstić information content (AvgIpc) is 2.85. The number of anilines is 1. The van der Waals surface area contributed by atoms with Gasteiger partial charge in [0.05, 0.1) is 4.88 Å². The number of nitrogens with one attached hydrogen (secondary N) is 1. The zero-order valence-corrected chi connectivity index (χ0v) is 12.6. The largest absolute Gasteiger partial charge is 0.488 e. The number of aromatic nitrogens is 1. The van der Waals surface area contributed by atoms with E-state index in [0.717, 1.165) is 34.3 Å². The van der Waals surface area contributed by atoms with Crippen LogP contribution in [0.25, 0.3) is 0 Å². The number of halogens is 1. The number of nitrogens with zero attached hydrogens (tertiary/aromatic N) is 1. The quantitative estimate of drug-likeness (QED) is 0.852. The van der Waals surface area contributed by atoms with Crippen LogP contribution >= 0.6 is 22.9 Å². The lowest BCUT2D eigenvalue weighted by Gasteiger charge is -2.07. The van der Waals surface area contributed by atoms with Gasteiger partial charge >= 0.3 is 0 Å². The van der Waals surface area contributed by atoms with Gasteiger partial charge in [-0.2, -0.15) is 0 Å². The van der Waals surface area contributed by atoms with E-state index in [1.165, 1.54) is 0 Å². The fourth-order valence-electron chi connectivity index (χ4n) is 1.57. The van der Waals surface area contributed by atoms with E-state index in [-0.39, 0.29) is 0 Å². The molecule has 19 heavy (non-hydrogen) atoms. The molecule has 0 saturated carbocycles. The third-order valence-electron chi connectivity index (χ3n) is 2.60. The molecule has 1 heterocycles. The first-order chi connectivity index (χ1) is 9.19. The van der Waals surface area contributed by atoms with Gasteiger partial charge in [0, 0.05) is 17.8 Å². The molecule has 102 valence electrons. The second-order valence-electron chi connectivity index (χ2n) is 4.26. The summed E-state index contributed by atoms with van der Waals surface area (Å²) in [6.45, 7) is 5.60. The Morgan fingerprint density at radius 3 is 3.05 bits per heavy atom. The van der Waals surface area contributed by atoms with Crippen molar-refractivity contribution in [1.29, 1.82) is 0 Å². The van der Waals surface area contributed by atoms with Crippen LogP contribution in [-0.4, -0.2) is 11.5 Å². The molecule has 0 amide bonds. The van der Waals surface area contributed by atoms with E-state index in [1.807, 2.05) is 31.3 Å². The topological polar surface area (TPSA) is 34.2 Å². The van der Waals surface area contributed by atoms with Crippen LogP contribution in [0.2, 0.25) is 5.02 Å². The predicted octanol–water partition coefficient (Wildman–Crippen LogP) is 4.51. The van der Waals surface area contributed by atoms with Crippen molar-refractivity contribution in [1.82, 2.24) is 4.98 Å². The van der Waals surface area contributed by atoms with Crippen molar-refractivity contribution in [2.75, 3.05) is 11.9 Å². The summed E-state index contributed by atoms with van der Waals surface area (Å²) >= 11 is 7.58. The molecule has 0 spiro atoms. The lowest BCUT2D eigenvalue weighted by molar-refractivity contribution is 0.307. The smallest absolute Gasteiger partial charge is 0.182 e. The Bertz CT molecular complexity index is 542. The third-order valence-corrected chi connectivity index (χ3v) is 3.76. The fraction of sp³-hybridized carbons (Fsp3) is 0.357. The van der Waals surface area contributed by atoms with Crippen molar-refractivity contribution in [3.05, 3.63) is 39.9 Å². The summed E-state index contributed by atoms with van der Waals surface area (Å²) in [5, 5.41) is 4.90. The number of ether oxygens (including phenoxy) is 1. The normalized spacial score (nSPS) is 10.5. The highest BCUT2D eigenvalue weighted by molar-refractivity contribution is 7.15. The summed E-state index contributed by atoms with van der Waals surface area (Å²) in [4.78, 5) is 5.40. The molecular formula is C14H17ClN2OS. The molecule has 0 unspecified atom stereocenters. The number of thiazole rings is 1. The summed E-state index contributed by atoms with van der Waals surface area (Å²) in [7, 11) is 0. The van der Waals surface area contributed by atoms with E-state index in [1.54, 1.807) is 11.3 Å². The molecule has 1 aromatic carbocycles. The number of benzene rings is 1. The number of aryl methyl sites for hydroxylation is 1. The Kier molecular flexibility index (Phi) is 5.05. The minimum absolute atomic E-state index is 0.520. The van der Waals surface area contributed by atoms with Crippen molar-refractivity contribution < 1.29 is 4.74 Å². The van der Waals surface area contributed by atoms with Crippen molar-refractivity contribution in [3.8, 4) is 5.75 Å². The van der Waals surface area contributed by atoms with Gasteiger partial charge < -0.3 is 10.1 Å². The molecule has 0 aliphatic rings. The number of hydrogen-bond acceptors (Lipinski definition) is 4. The summed E-state index contributed by atoms with van der Waals surface area (Å²) in [6, 6.07) is 5.66. The molecule has 3 nitrogen and oxygen atoms in total. The average molecular weight is 297 g/mol. The van der Waals surface area contributed by atoms with Crippen LogP contribution in [0, 0.1) is 6.92 Å². The molecule has 0 saturated heterocycles. The minimum Gasteiger partial charge on any atom is -0.488 e. The third kappa shape index (κ3) is 4.11. The summed E-state index contributed by atoms with van der Waals surface area (Å²) in [5.41, 5.74) is 1.08. The van der Waals surface area contributed by atoms with Gasteiger partial charge in [-0.1, -0.05) is 35.9 Å². The van der Waals surface area contributed by atoms with Crippen molar-refractivity contribution in [2.45, 2.75) is 26.9 Å².